The second kappa shape index (κ2) is 11.1. The van der Waals surface area contributed by atoms with Crippen LogP contribution in [-0.4, -0.2) is 32.3 Å². The number of rotatable bonds is 10. The van der Waals surface area contributed by atoms with Crippen LogP contribution >= 0.6 is 0 Å². The number of ether oxygens (including phenoxy) is 3. The quantitative estimate of drug-likeness (QED) is 0.561. The van der Waals surface area contributed by atoms with Gasteiger partial charge < -0.3 is 19.5 Å². The maximum atomic E-state index is 13.0. The summed E-state index contributed by atoms with van der Waals surface area (Å²) in [5.74, 6) is 0.344. The number of hydrogen-bond donors (Lipinski definition) is 1. The van der Waals surface area contributed by atoms with Gasteiger partial charge >= 0.3 is 6.18 Å². The van der Waals surface area contributed by atoms with Gasteiger partial charge in [0.05, 0.1) is 37.0 Å². The van der Waals surface area contributed by atoms with E-state index in [9.17, 15) is 18.0 Å². The normalized spacial score (nSPS) is 11.9. The smallest absolute Gasteiger partial charge is 0.419 e. The molecule has 0 radical (unpaired) electrons. The molecule has 0 aliphatic heterocycles. The minimum atomic E-state index is -4.51. The molecule has 2 aromatic rings. The van der Waals surface area contributed by atoms with Crippen molar-refractivity contribution in [1.29, 1.82) is 5.26 Å². The van der Waals surface area contributed by atoms with Gasteiger partial charge in [0.1, 0.15) is 12.4 Å². The molecule has 31 heavy (non-hydrogen) atoms. The number of benzene rings is 2. The first-order valence-corrected chi connectivity index (χ1v) is 9.54. The van der Waals surface area contributed by atoms with Crippen molar-refractivity contribution in [1.82, 2.24) is 5.32 Å². The number of halogens is 3. The van der Waals surface area contributed by atoms with Crippen LogP contribution in [-0.2, 0) is 11.0 Å². The summed E-state index contributed by atoms with van der Waals surface area (Å²) in [6.07, 6.45) is -3.93. The molecular weight excluding hydrogens is 413 g/mol. The molecule has 166 valence electrons. The predicted molar refractivity (Wildman–Crippen MR) is 107 cm³/mol. The highest BCUT2D eigenvalue weighted by molar-refractivity contribution is 5.76. The van der Waals surface area contributed by atoms with E-state index in [-0.39, 0.29) is 31.3 Å². The number of amides is 1. The van der Waals surface area contributed by atoms with E-state index in [1.54, 1.807) is 25.1 Å². The SMILES string of the molecule is COc1cc(C#N)ccc1OCCCC(=O)N[C@@H](C)COc1ccccc1C(F)(F)F. The molecule has 0 saturated heterocycles. The molecule has 2 aromatic carbocycles. The second-order valence-electron chi connectivity index (χ2n) is 6.70. The lowest BCUT2D eigenvalue weighted by Crippen LogP contribution is -2.37. The van der Waals surface area contributed by atoms with E-state index in [1.807, 2.05) is 6.07 Å². The van der Waals surface area contributed by atoms with Crippen molar-refractivity contribution in [3.05, 3.63) is 53.6 Å². The number of alkyl halides is 3. The highest BCUT2D eigenvalue weighted by Crippen LogP contribution is 2.35. The zero-order valence-electron chi connectivity index (χ0n) is 17.2. The van der Waals surface area contributed by atoms with Crippen LogP contribution in [0.3, 0.4) is 0 Å². The Morgan fingerprint density at radius 3 is 2.55 bits per heavy atom. The molecule has 0 aliphatic rings. The Morgan fingerprint density at radius 1 is 1.13 bits per heavy atom. The van der Waals surface area contributed by atoms with Crippen LogP contribution in [0.25, 0.3) is 0 Å². The Labute approximate surface area is 178 Å². The maximum absolute atomic E-state index is 13.0. The molecule has 0 saturated carbocycles. The van der Waals surface area contributed by atoms with Crippen molar-refractivity contribution in [3.8, 4) is 23.3 Å². The Bertz CT molecular complexity index is 926. The molecule has 1 N–H and O–H groups in total. The number of carbonyl (C=O) groups is 1. The number of nitrogens with zero attached hydrogens (tertiary/aromatic N) is 1. The van der Waals surface area contributed by atoms with Crippen LogP contribution in [0.15, 0.2) is 42.5 Å². The van der Waals surface area contributed by atoms with E-state index in [2.05, 4.69) is 5.32 Å². The van der Waals surface area contributed by atoms with Crippen LogP contribution in [0.1, 0.15) is 30.9 Å². The van der Waals surface area contributed by atoms with Gasteiger partial charge in [-0.1, -0.05) is 12.1 Å². The van der Waals surface area contributed by atoms with E-state index in [0.29, 0.717) is 23.5 Å². The van der Waals surface area contributed by atoms with Gasteiger partial charge in [0.2, 0.25) is 5.91 Å². The maximum Gasteiger partial charge on any atom is 0.419 e. The monoisotopic (exact) mass is 436 g/mol. The Balaban J connectivity index is 1.74. The third kappa shape index (κ3) is 7.41. The van der Waals surface area contributed by atoms with Crippen molar-refractivity contribution < 1.29 is 32.2 Å². The first-order chi connectivity index (χ1) is 14.7. The molecule has 0 fully saturated rings. The lowest BCUT2D eigenvalue weighted by molar-refractivity contribution is -0.139. The van der Waals surface area contributed by atoms with Gasteiger partial charge in [-0.15, -0.1) is 0 Å². The van der Waals surface area contributed by atoms with Crippen molar-refractivity contribution in [3.63, 3.8) is 0 Å². The highest BCUT2D eigenvalue weighted by atomic mass is 19.4. The molecule has 0 bridgehead atoms. The summed E-state index contributed by atoms with van der Waals surface area (Å²) < 4.78 is 55.0. The lowest BCUT2D eigenvalue weighted by Gasteiger charge is -2.18. The van der Waals surface area contributed by atoms with Crippen LogP contribution in [0.2, 0.25) is 0 Å². The van der Waals surface area contributed by atoms with Crippen molar-refractivity contribution in [2.24, 2.45) is 0 Å². The van der Waals surface area contributed by atoms with Crippen LogP contribution < -0.4 is 19.5 Å². The minimum absolute atomic E-state index is 0.0994. The fourth-order valence-electron chi connectivity index (χ4n) is 2.70. The zero-order chi connectivity index (χ0) is 22.9. The van der Waals surface area contributed by atoms with Gasteiger partial charge in [-0.05, 0) is 37.6 Å². The van der Waals surface area contributed by atoms with Crippen molar-refractivity contribution >= 4 is 5.91 Å². The Kier molecular flexibility index (Phi) is 8.55. The van der Waals surface area contributed by atoms with E-state index in [1.165, 1.54) is 25.3 Å². The summed E-state index contributed by atoms with van der Waals surface area (Å²) in [5, 5.41) is 11.6. The fourth-order valence-corrected chi connectivity index (χ4v) is 2.70. The number of hydrogen-bond acceptors (Lipinski definition) is 5. The second-order valence-corrected chi connectivity index (χ2v) is 6.70. The molecule has 6 nitrogen and oxygen atoms in total. The molecular formula is C22H23F3N2O4. The summed E-state index contributed by atoms with van der Waals surface area (Å²) in [5.41, 5.74) is -0.415. The lowest BCUT2D eigenvalue weighted by atomic mass is 10.2. The first-order valence-electron chi connectivity index (χ1n) is 9.54. The largest absolute Gasteiger partial charge is 0.493 e. The van der Waals surface area contributed by atoms with Gasteiger partial charge in [-0.2, -0.15) is 18.4 Å². The number of carbonyl (C=O) groups excluding carboxylic acids is 1. The average molecular weight is 436 g/mol. The molecule has 0 unspecified atom stereocenters. The van der Waals surface area contributed by atoms with Crippen LogP contribution in [0, 0.1) is 11.3 Å². The summed E-state index contributed by atoms with van der Waals surface area (Å²) in [6, 6.07) is 11.2. The number of para-hydroxylation sites is 1. The number of methoxy groups -OCH3 is 1. The predicted octanol–water partition coefficient (Wildman–Crippen LogP) is 4.33. The van der Waals surface area contributed by atoms with Gasteiger partial charge in [0.15, 0.2) is 11.5 Å². The molecule has 9 heteroatoms. The molecule has 0 heterocycles. The van der Waals surface area contributed by atoms with Gasteiger partial charge in [0.25, 0.3) is 0 Å². The topological polar surface area (TPSA) is 80.6 Å². The Morgan fingerprint density at radius 2 is 1.87 bits per heavy atom. The molecule has 2 rings (SSSR count). The zero-order valence-corrected chi connectivity index (χ0v) is 17.2. The molecule has 0 spiro atoms. The average Bonchev–Trinajstić information content (AvgIpc) is 2.74. The van der Waals surface area contributed by atoms with E-state index < -0.39 is 17.8 Å². The summed E-state index contributed by atoms with van der Waals surface area (Å²) in [7, 11) is 1.47. The summed E-state index contributed by atoms with van der Waals surface area (Å²) in [6.45, 7) is 1.80. The first kappa shape index (κ1) is 23.9. The standard InChI is InChI=1S/C22H23F3N2O4/c1-15(14-31-18-7-4-3-6-17(18)22(23,24)25)27-21(28)8-5-11-30-19-10-9-16(13-26)12-20(19)29-2/h3-4,6-7,9-10,12,15H,5,8,11,14H2,1-2H3,(H,27,28)/t15-/m0/s1. The van der Waals surface area contributed by atoms with E-state index in [4.69, 9.17) is 19.5 Å². The number of nitrogens with one attached hydrogen (secondary N) is 1. The van der Waals surface area contributed by atoms with E-state index >= 15 is 0 Å². The van der Waals surface area contributed by atoms with Gasteiger partial charge in [-0.3, -0.25) is 4.79 Å². The van der Waals surface area contributed by atoms with Gasteiger partial charge in [-0.25, -0.2) is 0 Å². The van der Waals surface area contributed by atoms with Crippen molar-refractivity contribution in [2.75, 3.05) is 20.3 Å². The van der Waals surface area contributed by atoms with E-state index in [0.717, 1.165) is 6.07 Å². The van der Waals surface area contributed by atoms with Crippen molar-refractivity contribution in [2.45, 2.75) is 32.0 Å². The molecule has 1 amide bonds. The molecule has 0 aliphatic carbocycles. The third-order valence-electron chi connectivity index (χ3n) is 4.19. The molecule has 1 atom stereocenters. The number of nitriles is 1. The van der Waals surface area contributed by atoms with Crippen LogP contribution in [0.5, 0.6) is 17.2 Å². The minimum Gasteiger partial charge on any atom is -0.493 e. The summed E-state index contributed by atoms with van der Waals surface area (Å²) in [4.78, 5) is 12.0. The molecule has 0 aromatic heterocycles. The third-order valence-corrected chi connectivity index (χ3v) is 4.19. The van der Waals surface area contributed by atoms with Crippen LogP contribution in [0.4, 0.5) is 13.2 Å². The highest BCUT2D eigenvalue weighted by Gasteiger charge is 2.34. The summed E-state index contributed by atoms with van der Waals surface area (Å²) >= 11 is 0. The Hall–Kier alpha value is -3.41. The fraction of sp³-hybridized carbons (Fsp3) is 0.364. The van der Waals surface area contributed by atoms with Gasteiger partial charge in [0, 0.05) is 12.5 Å².